The van der Waals surface area contributed by atoms with Crippen LogP contribution in [-0.2, 0) is 25.9 Å². The molecule has 9 rings (SSSR count). The number of rotatable bonds is 8. The fourth-order valence-corrected chi connectivity index (χ4v) is 9.96. The van der Waals surface area contributed by atoms with E-state index in [4.69, 9.17) is 19.9 Å². The van der Waals surface area contributed by atoms with Gasteiger partial charge in [-0.15, -0.1) is 0 Å². The Morgan fingerprint density at radius 2 is 1.67 bits per heavy atom. The van der Waals surface area contributed by atoms with Crippen LogP contribution < -0.4 is 20.7 Å². The third-order valence-electron chi connectivity index (χ3n) is 12.2. The number of nitrogens with two attached hydrogens (primary N) is 1. The fourth-order valence-electron chi connectivity index (χ4n) is 9.96. The molecule has 1 spiro atoms. The minimum absolute atomic E-state index is 0.145. The lowest BCUT2D eigenvalue weighted by atomic mass is 9.48. The Morgan fingerprint density at radius 3 is 2.33 bits per heavy atom. The number of morpholine rings is 1. The molecular weight excluding hydrogens is 641 g/mol. The first-order chi connectivity index (χ1) is 23.6. The molecule has 0 radical (unpaired) electrons. The first-order valence-corrected chi connectivity index (χ1v) is 17.5. The highest BCUT2D eigenvalue weighted by atomic mass is 19.4. The lowest BCUT2D eigenvalue weighted by molar-refractivity contribution is -0.142. The van der Waals surface area contributed by atoms with Crippen LogP contribution in [0.4, 0.5) is 24.8 Å². The number of anilines is 2. The highest BCUT2D eigenvalue weighted by Crippen LogP contribution is 2.58. The lowest BCUT2D eigenvalue weighted by Gasteiger charge is -2.59. The van der Waals surface area contributed by atoms with Crippen LogP contribution in [0, 0.1) is 23.7 Å². The van der Waals surface area contributed by atoms with Crippen molar-refractivity contribution in [2.75, 3.05) is 64.1 Å². The molecule has 4 aliphatic carbocycles. The zero-order valence-electron chi connectivity index (χ0n) is 27.5. The van der Waals surface area contributed by atoms with Gasteiger partial charge in [0.05, 0.1) is 18.8 Å². The van der Waals surface area contributed by atoms with Crippen molar-refractivity contribution in [3.8, 4) is 5.75 Å². The number of carbonyl (C=O) groups excluding carboxylic acids is 2. The minimum Gasteiger partial charge on any atom is -0.492 e. The predicted octanol–water partition coefficient (Wildman–Crippen LogP) is 3.82. The highest BCUT2D eigenvalue weighted by molar-refractivity contribution is 6.00. The van der Waals surface area contributed by atoms with Crippen LogP contribution in [0.3, 0.4) is 0 Å². The van der Waals surface area contributed by atoms with Crippen molar-refractivity contribution in [3.63, 3.8) is 0 Å². The summed E-state index contributed by atoms with van der Waals surface area (Å²) in [5, 5.41) is 2.75. The summed E-state index contributed by atoms with van der Waals surface area (Å²) in [6.07, 6.45) is 1.40. The van der Waals surface area contributed by atoms with Gasteiger partial charge in [0.15, 0.2) is 5.69 Å². The van der Waals surface area contributed by atoms with E-state index in [1.54, 1.807) is 4.90 Å². The van der Waals surface area contributed by atoms with Crippen LogP contribution in [0.2, 0.25) is 0 Å². The van der Waals surface area contributed by atoms with Gasteiger partial charge in [-0.1, -0.05) is 0 Å². The topological polar surface area (TPSA) is 132 Å². The van der Waals surface area contributed by atoms with Gasteiger partial charge in [-0.25, -0.2) is 9.97 Å². The van der Waals surface area contributed by atoms with Crippen LogP contribution in [0.25, 0.3) is 0 Å². The van der Waals surface area contributed by atoms with Gasteiger partial charge in [0.1, 0.15) is 17.9 Å². The smallest absolute Gasteiger partial charge is 0.434 e. The number of halogens is 3. The summed E-state index contributed by atoms with van der Waals surface area (Å²) in [6.45, 7) is 5.81. The van der Waals surface area contributed by atoms with E-state index in [1.807, 2.05) is 18.2 Å². The monoisotopic (exact) mass is 684 g/mol. The number of nitrogens with one attached hydrogen (secondary N) is 1. The lowest BCUT2D eigenvalue weighted by Crippen LogP contribution is -2.71. The molecule has 1 aromatic carbocycles. The molecule has 2 amide bonds. The number of primary amides is 1. The molecule has 0 atom stereocenters. The van der Waals surface area contributed by atoms with Gasteiger partial charge in [0.25, 0.3) is 5.91 Å². The zero-order valence-corrected chi connectivity index (χ0v) is 27.5. The number of amides is 2. The van der Waals surface area contributed by atoms with E-state index in [0.717, 1.165) is 63.5 Å². The number of fused-ring (bicyclic) bond motifs is 2. The van der Waals surface area contributed by atoms with Crippen LogP contribution in [0.5, 0.6) is 5.75 Å². The van der Waals surface area contributed by atoms with Gasteiger partial charge in [-0.3, -0.25) is 14.5 Å². The normalized spacial score (nSPS) is 30.4. The Hall–Kier alpha value is -3.49. The first-order valence-electron chi connectivity index (χ1n) is 17.5. The number of hydrogen-bond donors (Lipinski definition) is 2. The summed E-state index contributed by atoms with van der Waals surface area (Å²) >= 11 is 0. The Labute approximate surface area is 283 Å². The molecule has 2 saturated heterocycles. The van der Waals surface area contributed by atoms with Gasteiger partial charge >= 0.3 is 6.18 Å². The second-order valence-corrected chi connectivity index (χ2v) is 14.9. The molecule has 11 nitrogen and oxygen atoms in total. The standard InChI is InChI=1S/C35H43F3N6O5/c36-35(37,38)29-26(30(45)42-34(31(39)46)23-14-21-13-22(16-23)17-24(34)15-21)19-40-32(41-29)44-20-33(3-8-47-9-4-33)27-18-25(1-2-28(27)44)49-12-7-43-5-10-48-11-6-43/h1-2,18-19,21-24H,3-17,20H2,(H2,39,46)(H,42,45). The molecule has 0 unspecified atom stereocenters. The van der Waals surface area contributed by atoms with E-state index in [-0.39, 0.29) is 23.2 Å². The van der Waals surface area contributed by atoms with Crippen LogP contribution in [0.15, 0.2) is 24.4 Å². The molecule has 4 heterocycles. The summed E-state index contributed by atoms with van der Waals surface area (Å²) in [6, 6.07) is 5.66. The van der Waals surface area contributed by atoms with Gasteiger partial charge in [-0.05, 0) is 92.4 Å². The molecule has 3 N–H and O–H groups in total. The van der Waals surface area contributed by atoms with Gasteiger partial charge in [0, 0.05) is 56.7 Å². The number of benzene rings is 1. The minimum atomic E-state index is -4.95. The zero-order chi connectivity index (χ0) is 34.0. The second-order valence-electron chi connectivity index (χ2n) is 14.9. The molecule has 2 aromatic rings. The number of ether oxygens (including phenoxy) is 3. The van der Waals surface area contributed by atoms with Crippen LogP contribution in [0.1, 0.15) is 66.6 Å². The van der Waals surface area contributed by atoms with Crippen molar-refractivity contribution in [3.05, 3.63) is 41.2 Å². The number of nitrogens with zero attached hydrogens (tertiary/aromatic N) is 4. The molecule has 4 saturated carbocycles. The van der Waals surface area contributed by atoms with Gasteiger partial charge in [-0.2, -0.15) is 13.2 Å². The van der Waals surface area contributed by atoms with Gasteiger partial charge in [0.2, 0.25) is 11.9 Å². The van der Waals surface area contributed by atoms with Crippen molar-refractivity contribution in [2.45, 2.75) is 62.1 Å². The Balaban J connectivity index is 1.08. The SMILES string of the molecule is NC(=O)C1(NC(=O)c2cnc(N3CC4(CCOCC4)c4cc(OCCN5CCOCC5)ccc43)nc2C(F)(F)F)C2CC3CC(C2)CC1C3. The Morgan fingerprint density at radius 1 is 1.00 bits per heavy atom. The molecule has 49 heavy (non-hydrogen) atoms. The van der Waals surface area contributed by atoms with E-state index in [2.05, 4.69) is 20.2 Å². The number of aromatic nitrogens is 2. The Bertz CT molecular complexity index is 1580. The summed E-state index contributed by atoms with van der Waals surface area (Å²) in [7, 11) is 0. The molecular formula is C35H43F3N6O5. The van der Waals surface area contributed by atoms with Gasteiger partial charge < -0.3 is 30.2 Å². The number of carbonyl (C=O) groups is 2. The van der Waals surface area contributed by atoms with E-state index < -0.39 is 34.8 Å². The van der Waals surface area contributed by atoms with Crippen molar-refractivity contribution < 1.29 is 37.0 Å². The summed E-state index contributed by atoms with van der Waals surface area (Å²) in [5.74, 6) is -0.618. The third kappa shape index (κ3) is 5.73. The quantitative estimate of drug-likeness (QED) is 0.426. The van der Waals surface area contributed by atoms with Crippen molar-refractivity contribution in [1.29, 1.82) is 0 Å². The highest BCUT2D eigenvalue weighted by Gasteiger charge is 2.61. The maximum Gasteiger partial charge on any atom is 0.434 e. The van der Waals surface area contributed by atoms with Crippen molar-refractivity contribution in [2.24, 2.45) is 29.4 Å². The number of alkyl halides is 3. The largest absolute Gasteiger partial charge is 0.492 e. The molecule has 4 bridgehead atoms. The van der Waals surface area contributed by atoms with Crippen LogP contribution >= 0.6 is 0 Å². The molecule has 14 heteroatoms. The predicted molar refractivity (Wildman–Crippen MR) is 171 cm³/mol. The summed E-state index contributed by atoms with van der Waals surface area (Å²) in [4.78, 5) is 39.2. The maximum atomic E-state index is 14.7. The third-order valence-corrected chi connectivity index (χ3v) is 12.2. The van der Waals surface area contributed by atoms with Crippen molar-refractivity contribution >= 4 is 23.5 Å². The average molecular weight is 685 g/mol. The molecule has 264 valence electrons. The van der Waals surface area contributed by atoms with E-state index in [1.165, 1.54) is 0 Å². The fraction of sp³-hybridized carbons (Fsp3) is 0.657. The molecule has 7 aliphatic rings. The van der Waals surface area contributed by atoms with E-state index in [9.17, 15) is 22.8 Å². The maximum absolute atomic E-state index is 14.7. The molecule has 3 aliphatic heterocycles. The van der Waals surface area contributed by atoms with E-state index in [0.29, 0.717) is 75.7 Å². The summed E-state index contributed by atoms with van der Waals surface area (Å²) < 4.78 is 61.4. The average Bonchev–Trinajstić information content (AvgIpc) is 3.38. The first kappa shape index (κ1) is 32.7. The molecule has 6 fully saturated rings. The summed E-state index contributed by atoms with van der Waals surface area (Å²) in [5.41, 5.74) is 3.81. The Kier molecular flexibility index (Phi) is 8.26. The number of hydrogen-bond acceptors (Lipinski definition) is 9. The van der Waals surface area contributed by atoms with Crippen molar-refractivity contribution in [1.82, 2.24) is 20.2 Å². The second kappa shape index (κ2) is 12.4. The molecule has 1 aromatic heterocycles. The van der Waals surface area contributed by atoms with Crippen LogP contribution in [-0.4, -0.2) is 91.4 Å². The van der Waals surface area contributed by atoms with E-state index >= 15 is 0 Å².